The Morgan fingerprint density at radius 1 is 1.21 bits per heavy atom. The molecule has 0 spiro atoms. The maximum Gasteiger partial charge on any atom is 0.252 e. The highest BCUT2D eigenvalue weighted by atomic mass is 32.2. The molecule has 150 valence electrons. The van der Waals surface area contributed by atoms with Crippen LogP contribution in [0.5, 0.6) is 0 Å². The molecular weight excluding hydrogens is 392 g/mol. The number of thioether (sulfide) groups is 1. The molecule has 2 aliphatic carbocycles. The highest BCUT2D eigenvalue weighted by Crippen LogP contribution is 2.51. The summed E-state index contributed by atoms with van der Waals surface area (Å²) in [5.41, 5.74) is 2.11. The maximum atomic E-state index is 12.7. The zero-order chi connectivity index (χ0) is 19.5. The molecule has 1 amide bonds. The number of sulfone groups is 1. The van der Waals surface area contributed by atoms with Crippen LogP contribution in [0.4, 0.5) is 0 Å². The number of rotatable bonds is 3. The number of carbonyl (C=O) groups is 1. The molecule has 0 unspecified atom stereocenters. The van der Waals surface area contributed by atoms with Gasteiger partial charge in [-0.25, -0.2) is 8.42 Å². The van der Waals surface area contributed by atoms with Crippen LogP contribution >= 0.6 is 11.8 Å². The minimum Gasteiger partial charge on any atom is -0.343 e. The van der Waals surface area contributed by atoms with Gasteiger partial charge in [0.1, 0.15) is 0 Å². The fraction of sp³-hybridized carbons (Fsp3) is 0.619. The topological polar surface area (TPSA) is 66.8 Å². The second-order valence-electron chi connectivity index (χ2n) is 8.90. The Morgan fingerprint density at radius 3 is 2.79 bits per heavy atom. The summed E-state index contributed by atoms with van der Waals surface area (Å²) in [6.07, 6.45) is 5.20. The lowest BCUT2D eigenvalue weighted by atomic mass is 9.93. The van der Waals surface area contributed by atoms with Gasteiger partial charge in [-0.1, -0.05) is 48.0 Å². The van der Waals surface area contributed by atoms with Crippen LogP contribution in [0.3, 0.4) is 0 Å². The van der Waals surface area contributed by atoms with Crippen LogP contribution in [0.2, 0.25) is 0 Å². The summed E-state index contributed by atoms with van der Waals surface area (Å²) >= 11 is 1.52. The van der Waals surface area contributed by atoms with Gasteiger partial charge in [0.2, 0.25) is 0 Å². The highest BCUT2D eigenvalue weighted by molar-refractivity contribution is 8.15. The number of carbonyl (C=O) groups excluding carboxylic acids is 1. The molecule has 7 heteroatoms. The van der Waals surface area contributed by atoms with Crippen molar-refractivity contribution >= 4 is 32.7 Å². The van der Waals surface area contributed by atoms with Crippen molar-refractivity contribution < 1.29 is 13.2 Å². The smallest absolute Gasteiger partial charge is 0.252 e. The fourth-order valence-electron chi connectivity index (χ4n) is 5.67. The zero-order valence-electron chi connectivity index (χ0n) is 16.1. The van der Waals surface area contributed by atoms with E-state index >= 15 is 0 Å². The molecule has 2 saturated carbocycles. The molecule has 1 aromatic carbocycles. The van der Waals surface area contributed by atoms with Gasteiger partial charge in [-0.15, -0.1) is 0 Å². The summed E-state index contributed by atoms with van der Waals surface area (Å²) in [5, 5.41) is 0.801. The molecule has 5 rings (SSSR count). The van der Waals surface area contributed by atoms with E-state index in [-0.39, 0.29) is 28.7 Å². The van der Waals surface area contributed by atoms with E-state index in [2.05, 4.69) is 9.89 Å². The van der Waals surface area contributed by atoms with Crippen LogP contribution in [-0.4, -0.2) is 53.2 Å². The number of benzene rings is 1. The molecule has 2 heterocycles. The van der Waals surface area contributed by atoms with Crippen molar-refractivity contribution in [3.63, 3.8) is 0 Å². The van der Waals surface area contributed by atoms with Gasteiger partial charge in [0.05, 0.1) is 24.0 Å². The van der Waals surface area contributed by atoms with Crippen molar-refractivity contribution in [2.45, 2.75) is 56.4 Å². The molecule has 0 aromatic heterocycles. The van der Waals surface area contributed by atoms with Crippen LogP contribution < -0.4 is 0 Å². The van der Waals surface area contributed by atoms with Crippen LogP contribution in [0.1, 0.15) is 36.8 Å². The lowest BCUT2D eigenvalue weighted by Crippen LogP contribution is -2.47. The monoisotopic (exact) mass is 418 g/mol. The summed E-state index contributed by atoms with van der Waals surface area (Å²) in [7, 11) is -2.99. The van der Waals surface area contributed by atoms with E-state index in [0.717, 1.165) is 28.6 Å². The molecule has 0 N–H and O–H groups in total. The molecule has 28 heavy (non-hydrogen) atoms. The zero-order valence-corrected chi connectivity index (χ0v) is 17.7. The first-order valence-electron chi connectivity index (χ1n) is 10.2. The van der Waals surface area contributed by atoms with E-state index < -0.39 is 9.84 Å². The summed E-state index contributed by atoms with van der Waals surface area (Å²) in [5.74, 6) is 1.68. The normalized spacial score (nSPS) is 37.0. The number of amides is 1. The third-order valence-electron chi connectivity index (χ3n) is 6.82. The first-order chi connectivity index (χ1) is 13.4. The van der Waals surface area contributed by atoms with Crippen LogP contribution in [-0.2, 0) is 21.1 Å². The summed E-state index contributed by atoms with van der Waals surface area (Å²) in [6, 6.07) is 8.32. The number of aliphatic imine (C=N–C) groups is 1. The molecule has 2 aliphatic heterocycles. The first kappa shape index (κ1) is 18.7. The number of aryl methyl sites for hydroxylation is 1. The van der Waals surface area contributed by atoms with Crippen molar-refractivity contribution in [1.29, 1.82) is 0 Å². The third kappa shape index (κ3) is 3.41. The minimum atomic E-state index is -2.99. The maximum absolute atomic E-state index is 12.7. The van der Waals surface area contributed by atoms with Crippen LogP contribution in [0, 0.1) is 18.8 Å². The average Bonchev–Trinajstić information content (AvgIpc) is 3.34. The standard InChI is InChI=1S/C21H26N2O3S2/c1-13-3-2-4-14(7-13)10-20(24)22-21-23(17-9-15-5-6-16(17)8-15)18-11-28(25,26)12-19(18)27-21/h2-4,7,15-19H,5-6,8-12H2,1H3/t15-,16-,17-,18+,19+/m0/s1. The molecule has 2 saturated heterocycles. The van der Waals surface area contributed by atoms with Crippen molar-refractivity contribution in [3.05, 3.63) is 35.4 Å². The van der Waals surface area contributed by atoms with Crippen molar-refractivity contribution in [1.82, 2.24) is 4.90 Å². The molecule has 1 aromatic rings. The van der Waals surface area contributed by atoms with Crippen molar-refractivity contribution in [2.24, 2.45) is 16.8 Å². The van der Waals surface area contributed by atoms with E-state index in [1.165, 1.54) is 31.0 Å². The first-order valence-corrected chi connectivity index (χ1v) is 12.9. The number of hydrogen-bond donors (Lipinski definition) is 0. The Morgan fingerprint density at radius 2 is 2.07 bits per heavy atom. The fourth-order valence-corrected chi connectivity index (χ4v) is 9.66. The van der Waals surface area contributed by atoms with E-state index in [4.69, 9.17) is 0 Å². The van der Waals surface area contributed by atoms with E-state index in [0.29, 0.717) is 18.4 Å². The van der Waals surface area contributed by atoms with Gasteiger partial charge in [0.25, 0.3) is 5.91 Å². The lowest BCUT2D eigenvalue weighted by Gasteiger charge is -2.36. The number of amidine groups is 1. The SMILES string of the molecule is Cc1cccc(CC(=O)N=C2S[C@@H]3CS(=O)(=O)C[C@H]3N2[C@H]2C[C@H]3CC[C@H]2C3)c1. The van der Waals surface area contributed by atoms with Gasteiger partial charge < -0.3 is 4.90 Å². The van der Waals surface area contributed by atoms with Crippen molar-refractivity contribution in [2.75, 3.05) is 11.5 Å². The highest BCUT2D eigenvalue weighted by Gasteiger charge is 2.54. The predicted octanol–water partition coefficient (Wildman–Crippen LogP) is 2.82. The Hall–Kier alpha value is -1.34. The molecule has 4 aliphatic rings. The van der Waals surface area contributed by atoms with Crippen LogP contribution in [0.25, 0.3) is 0 Å². The van der Waals surface area contributed by atoms with Gasteiger partial charge in [-0.2, -0.15) is 4.99 Å². The Bertz CT molecular complexity index is 943. The molecule has 0 radical (unpaired) electrons. The Kier molecular flexibility index (Phi) is 4.58. The molecule has 4 fully saturated rings. The Labute approximate surface area is 170 Å². The second kappa shape index (κ2) is 6.87. The molecular formula is C21H26N2O3S2. The second-order valence-corrected chi connectivity index (χ2v) is 12.3. The Balaban J connectivity index is 1.41. The average molecular weight is 419 g/mol. The number of nitrogens with zero attached hydrogens (tertiary/aromatic N) is 2. The van der Waals surface area contributed by atoms with Crippen molar-refractivity contribution in [3.8, 4) is 0 Å². The van der Waals surface area contributed by atoms with Gasteiger partial charge in [-0.3, -0.25) is 4.79 Å². The molecule has 5 atom stereocenters. The summed E-state index contributed by atoms with van der Waals surface area (Å²) < 4.78 is 24.4. The van der Waals surface area contributed by atoms with Crippen LogP contribution in [0.15, 0.2) is 29.3 Å². The van der Waals surface area contributed by atoms with Gasteiger partial charge in [-0.05, 0) is 43.6 Å². The van der Waals surface area contributed by atoms with Gasteiger partial charge >= 0.3 is 0 Å². The molecule has 2 bridgehead atoms. The third-order valence-corrected chi connectivity index (χ3v) is 10.0. The predicted molar refractivity (Wildman–Crippen MR) is 112 cm³/mol. The van der Waals surface area contributed by atoms with E-state index in [1.54, 1.807) is 0 Å². The van der Waals surface area contributed by atoms with E-state index in [9.17, 15) is 13.2 Å². The molecule has 5 nitrogen and oxygen atoms in total. The van der Waals surface area contributed by atoms with E-state index in [1.807, 2.05) is 31.2 Å². The quantitative estimate of drug-likeness (QED) is 0.755. The summed E-state index contributed by atoms with van der Waals surface area (Å²) in [4.78, 5) is 19.5. The lowest BCUT2D eigenvalue weighted by molar-refractivity contribution is -0.117. The minimum absolute atomic E-state index is 0.00938. The summed E-state index contributed by atoms with van der Waals surface area (Å²) in [6.45, 7) is 2.02. The van der Waals surface area contributed by atoms with Gasteiger partial charge in [0, 0.05) is 11.3 Å². The number of fused-ring (bicyclic) bond motifs is 3. The largest absolute Gasteiger partial charge is 0.343 e. The number of hydrogen-bond acceptors (Lipinski definition) is 4. The van der Waals surface area contributed by atoms with Gasteiger partial charge in [0.15, 0.2) is 15.0 Å².